The minimum Gasteiger partial charge on any atom is -0.453 e. The predicted octanol–water partition coefficient (Wildman–Crippen LogP) is 1.79. The van der Waals surface area contributed by atoms with Gasteiger partial charge in [-0.15, -0.1) is 0 Å². The summed E-state index contributed by atoms with van der Waals surface area (Å²) < 4.78 is 4.58. The van der Waals surface area contributed by atoms with Crippen molar-refractivity contribution in [2.75, 3.05) is 7.11 Å². The zero-order valence-electron chi connectivity index (χ0n) is 12.9. The van der Waals surface area contributed by atoms with E-state index in [1.807, 2.05) is 20.8 Å². The third kappa shape index (κ3) is 3.49. The average molecular weight is 283 g/mol. The highest BCUT2D eigenvalue weighted by molar-refractivity contribution is 5.93. The molecule has 6 nitrogen and oxygen atoms in total. The van der Waals surface area contributed by atoms with E-state index in [1.54, 1.807) is 11.8 Å². The second kappa shape index (κ2) is 6.72. The van der Waals surface area contributed by atoms with Crippen LogP contribution in [0.25, 0.3) is 0 Å². The number of likely N-dealkylation sites (tertiary alicyclic amines) is 1. The van der Waals surface area contributed by atoms with Crippen molar-refractivity contribution >= 4 is 17.7 Å². The molecule has 20 heavy (non-hydrogen) atoms. The van der Waals surface area contributed by atoms with Gasteiger partial charge in [-0.3, -0.25) is 4.79 Å². The fraction of sp³-hybridized carbons (Fsp3) is 0.786. The van der Waals surface area contributed by atoms with Crippen LogP contribution in [0, 0.1) is 11.3 Å². The van der Waals surface area contributed by atoms with Crippen LogP contribution < -0.4 is 5.32 Å². The summed E-state index contributed by atoms with van der Waals surface area (Å²) in [6.45, 7) is 7.47. The number of carbonyl (C=O) groups excluding carboxylic acids is 2. The summed E-state index contributed by atoms with van der Waals surface area (Å²) in [4.78, 5) is 25.9. The summed E-state index contributed by atoms with van der Waals surface area (Å²) in [7, 11) is 1.28. The third-order valence-corrected chi connectivity index (χ3v) is 3.81. The number of alkyl carbamates (subject to hydrolysis) is 1. The third-order valence-electron chi connectivity index (χ3n) is 3.81. The highest BCUT2D eigenvalue weighted by atomic mass is 16.5. The van der Waals surface area contributed by atoms with Gasteiger partial charge in [0.2, 0.25) is 5.91 Å². The molecule has 114 valence electrons. The first-order chi connectivity index (χ1) is 9.29. The molecule has 0 aliphatic carbocycles. The minimum absolute atomic E-state index is 0.0407. The summed E-state index contributed by atoms with van der Waals surface area (Å²) in [5, 5.41) is 10.4. The Morgan fingerprint density at radius 1 is 1.35 bits per heavy atom. The van der Waals surface area contributed by atoms with Gasteiger partial charge in [-0.25, -0.2) is 4.79 Å². The van der Waals surface area contributed by atoms with Crippen molar-refractivity contribution < 1.29 is 14.3 Å². The van der Waals surface area contributed by atoms with E-state index in [-0.39, 0.29) is 23.9 Å². The molecule has 1 rings (SSSR count). The Bertz CT molecular complexity index is 395. The second-order valence-electron chi connectivity index (χ2n) is 5.73. The largest absolute Gasteiger partial charge is 0.453 e. The summed E-state index contributed by atoms with van der Waals surface area (Å²) in [6.07, 6.45) is 1.09. The van der Waals surface area contributed by atoms with E-state index < -0.39 is 12.1 Å². The average Bonchev–Trinajstić information content (AvgIpc) is 2.76. The molecule has 0 aromatic carbocycles. The number of ether oxygens (including phenoxy) is 1. The van der Waals surface area contributed by atoms with Crippen LogP contribution in [0.15, 0.2) is 0 Å². The van der Waals surface area contributed by atoms with Crippen LogP contribution in [0.4, 0.5) is 4.79 Å². The lowest BCUT2D eigenvalue weighted by atomic mass is 10.0. The van der Waals surface area contributed by atoms with E-state index in [1.165, 1.54) is 7.11 Å². The van der Waals surface area contributed by atoms with Crippen molar-refractivity contribution in [3.05, 3.63) is 0 Å². The van der Waals surface area contributed by atoms with Crippen molar-refractivity contribution in [3.8, 4) is 0 Å². The van der Waals surface area contributed by atoms with Gasteiger partial charge >= 0.3 is 6.09 Å². The van der Waals surface area contributed by atoms with E-state index in [0.29, 0.717) is 5.71 Å². The number of carbonyl (C=O) groups is 2. The first kappa shape index (κ1) is 16.5. The molecule has 1 unspecified atom stereocenters. The number of rotatable bonds is 4. The molecule has 1 aliphatic rings. The van der Waals surface area contributed by atoms with Crippen molar-refractivity contribution in [1.82, 2.24) is 10.2 Å². The number of methoxy groups -OCH3 is 1. The van der Waals surface area contributed by atoms with Gasteiger partial charge < -0.3 is 20.4 Å². The zero-order valence-corrected chi connectivity index (χ0v) is 12.9. The van der Waals surface area contributed by atoms with Crippen LogP contribution >= 0.6 is 0 Å². The molecule has 1 fully saturated rings. The van der Waals surface area contributed by atoms with Crippen molar-refractivity contribution in [3.63, 3.8) is 0 Å². The summed E-state index contributed by atoms with van der Waals surface area (Å²) >= 11 is 0. The van der Waals surface area contributed by atoms with Crippen molar-refractivity contribution in [1.29, 1.82) is 5.41 Å². The minimum atomic E-state index is -0.621. The predicted molar refractivity (Wildman–Crippen MR) is 76.9 cm³/mol. The number of nitrogens with zero attached hydrogens (tertiary/aromatic N) is 1. The molecule has 2 amide bonds. The summed E-state index contributed by atoms with van der Waals surface area (Å²) in [5.74, 6) is -0.173. The molecule has 0 radical (unpaired) electrons. The molecule has 3 atom stereocenters. The molecule has 0 bridgehead atoms. The molecule has 6 heteroatoms. The molecule has 0 aromatic heterocycles. The quantitative estimate of drug-likeness (QED) is 0.772. The maximum absolute atomic E-state index is 12.7. The van der Waals surface area contributed by atoms with Gasteiger partial charge in [0.1, 0.15) is 6.04 Å². The lowest BCUT2D eigenvalue weighted by molar-refractivity contribution is -0.135. The SMILES string of the molecule is COC(=O)NC(C(=O)N1[C@@H](C)CC[C@H]1C(C)=N)C(C)C. The fourth-order valence-electron chi connectivity index (χ4n) is 2.64. The molecule has 2 N–H and O–H groups in total. The van der Waals surface area contributed by atoms with Crippen LogP contribution in [0.2, 0.25) is 0 Å². The van der Waals surface area contributed by atoms with E-state index >= 15 is 0 Å². The standard InChI is InChI=1S/C14H25N3O3/c1-8(2)12(16-14(19)20-5)13(18)17-9(3)6-7-11(17)10(4)15/h8-9,11-12,15H,6-7H2,1-5H3,(H,16,19)/t9-,11-,12?/m0/s1. The summed E-state index contributed by atoms with van der Waals surface area (Å²) in [5.41, 5.74) is 0.489. The van der Waals surface area contributed by atoms with Gasteiger partial charge in [0.25, 0.3) is 0 Å². The lowest BCUT2D eigenvalue weighted by Gasteiger charge is -2.33. The number of hydrogen-bond donors (Lipinski definition) is 2. The van der Waals surface area contributed by atoms with Gasteiger partial charge in [-0.1, -0.05) is 13.8 Å². The van der Waals surface area contributed by atoms with Crippen molar-refractivity contribution in [2.45, 2.75) is 58.7 Å². The van der Waals surface area contributed by atoms with E-state index in [9.17, 15) is 9.59 Å². The Kier molecular flexibility index (Phi) is 5.53. The number of amides is 2. The van der Waals surface area contributed by atoms with Crippen LogP contribution in [0.3, 0.4) is 0 Å². The van der Waals surface area contributed by atoms with E-state index in [0.717, 1.165) is 12.8 Å². The Hall–Kier alpha value is -1.59. The monoisotopic (exact) mass is 283 g/mol. The molecule has 0 spiro atoms. The molecule has 1 heterocycles. The van der Waals surface area contributed by atoms with Crippen LogP contribution in [-0.2, 0) is 9.53 Å². The van der Waals surface area contributed by atoms with E-state index in [2.05, 4.69) is 10.1 Å². The first-order valence-corrected chi connectivity index (χ1v) is 7.01. The Morgan fingerprint density at radius 2 is 1.95 bits per heavy atom. The van der Waals surface area contributed by atoms with E-state index in [4.69, 9.17) is 5.41 Å². The smallest absolute Gasteiger partial charge is 0.407 e. The lowest BCUT2D eigenvalue weighted by Crippen LogP contribution is -2.55. The highest BCUT2D eigenvalue weighted by Crippen LogP contribution is 2.26. The Balaban J connectivity index is 2.92. The van der Waals surface area contributed by atoms with Crippen molar-refractivity contribution in [2.24, 2.45) is 5.92 Å². The normalized spacial score (nSPS) is 23.6. The van der Waals surface area contributed by atoms with Gasteiger partial charge in [0.15, 0.2) is 0 Å². The maximum Gasteiger partial charge on any atom is 0.407 e. The van der Waals surface area contributed by atoms with Crippen LogP contribution in [-0.4, -0.2) is 47.8 Å². The fourth-order valence-corrected chi connectivity index (χ4v) is 2.64. The zero-order chi connectivity index (χ0) is 15.4. The topological polar surface area (TPSA) is 82.5 Å². The first-order valence-electron chi connectivity index (χ1n) is 7.01. The number of nitrogens with one attached hydrogen (secondary N) is 2. The van der Waals surface area contributed by atoms with Gasteiger partial charge in [-0.05, 0) is 32.6 Å². The Labute approximate surface area is 120 Å². The van der Waals surface area contributed by atoms with Crippen LogP contribution in [0.5, 0.6) is 0 Å². The second-order valence-corrected chi connectivity index (χ2v) is 5.73. The molecule has 0 saturated carbocycles. The number of hydrogen-bond acceptors (Lipinski definition) is 4. The van der Waals surface area contributed by atoms with Crippen LogP contribution in [0.1, 0.15) is 40.5 Å². The maximum atomic E-state index is 12.7. The van der Waals surface area contributed by atoms with Gasteiger partial charge in [0.05, 0.1) is 13.2 Å². The molecular weight excluding hydrogens is 258 g/mol. The summed E-state index contributed by atoms with van der Waals surface area (Å²) in [6, 6.07) is -0.684. The molecule has 0 aromatic rings. The van der Waals surface area contributed by atoms with Gasteiger partial charge in [0, 0.05) is 11.8 Å². The Morgan fingerprint density at radius 3 is 2.40 bits per heavy atom. The molecular formula is C14H25N3O3. The highest BCUT2D eigenvalue weighted by Gasteiger charge is 2.39. The molecule has 1 saturated heterocycles. The van der Waals surface area contributed by atoms with Gasteiger partial charge in [-0.2, -0.15) is 0 Å². The molecule has 1 aliphatic heterocycles.